The van der Waals surface area contributed by atoms with Crippen LogP contribution in [-0.2, 0) is 11.3 Å². The number of para-hydroxylation sites is 1. The Bertz CT molecular complexity index is 389. The molecule has 2 N–H and O–H groups in total. The highest BCUT2D eigenvalue weighted by Crippen LogP contribution is 2.17. The van der Waals surface area contributed by atoms with Gasteiger partial charge in [-0.3, -0.25) is 0 Å². The third-order valence-corrected chi connectivity index (χ3v) is 1.59. The van der Waals surface area contributed by atoms with Crippen LogP contribution in [0.4, 0.5) is 10.5 Å². The van der Waals surface area contributed by atoms with E-state index in [1.807, 2.05) is 0 Å². The number of nitrogens with one attached hydrogen (secondary N) is 1. The Kier molecular flexibility index (Phi) is 5.78. The zero-order chi connectivity index (χ0) is 10.4. The predicted molar refractivity (Wildman–Crippen MR) is 56.3 cm³/mol. The predicted octanol–water partition coefficient (Wildman–Crippen LogP) is 1.84. The summed E-state index contributed by atoms with van der Waals surface area (Å²) in [5.74, 6) is 0. The van der Waals surface area contributed by atoms with Crippen molar-refractivity contribution in [3.63, 3.8) is 0 Å². The van der Waals surface area contributed by atoms with Gasteiger partial charge in [0.05, 0.1) is 5.69 Å². The van der Waals surface area contributed by atoms with Crippen LogP contribution in [0, 0.1) is 0 Å². The number of amides is 1. The average Bonchev–Trinajstić information content (AvgIpc) is 2.17. The molecular formula is C9H9ClN2O3. The van der Waals surface area contributed by atoms with Crippen LogP contribution in [0.1, 0.15) is 5.56 Å². The quantitative estimate of drug-likeness (QED) is 0.612. The summed E-state index contributed by atoms with van der Waals surface area (Å²) in [4.78, 5) is 23.7. The van der Waals surface area contributed by atoms with Gasteiger partial charge in [0.15, 0.2) is 0 Å². The largest absolute Gasteiger partial charge is 0.465 e. The molecule has 0 unspecified atom stereocenters. The third-order valence-electron chi connectivity index (χ3n) is 1.59. The SMILES string of the molecule is Cl.O=C=Nc1ccccc1CNC(=O)O. The van der Waals surface area contributed by atoms with Crippen molar-refractivity contribution in [2.45, 2.75) is 6.54 Å². The van der Waals surface area contributed by atoms with Crippen molar-refractivity contribution in [3.05, 3.63) is 29.8 Å². The fraction of sp³-hybridized carbons (Fsp3) is 0.111. The highest BCUT2D eigenvalue weighted by molar-refractivity contribution is 5.85. The van der Waals surface area contributed by atoms with E-state index in [1.54, 1.807) is 24.3 Å². The maximum absolute atomic E-state index is 10.2. The molecule has 0 bridgehead atoms. The first-order valence-corrected chi connectivity index (χ1v) is 3.86. The van der Waals surface area contributed by atoms with Crippen LogP contribution in [-0.4, -0.2) is 17.3 Å². The topological polar surface area (TPSA) is 78.8 Å². The van der Waals surface area contributed by atoms with Crippen molar-refractivity contribution in [1.29, 1.82) is 0 Å². The van der Waals surface area contributed by atoms with Gasteiger partial charge in [-0.1, -0.05) is 18.2 Å². The summed E-state index contributed by atoms with van der Waals surface area (Å²) in [5.41, 5.74) is 1.06. The third kappa shape index (κ3) is 4.26. The van der Waals surface area contributed by atoms with E-state index in [-0.39, 0.29) is 19.0 Å². The number of hydrogen-bond donors (Lipinski definition) is 2. The van der Waals surface area contributed by atoms with Gasteiger partial charge in [-0.25, -0.2) is 9.59 Å². The van der Waals surface area contributed by atoms with Crippen molar-refractivity contribution in [1.82, 2.24) is 5.32 Å². The molecular weight excluding hydrogens is 220 g/mol. The normalized spacial score (nSPS) is 8.27. The van der Waals surface area contributed by atoms with Crippen LogP contribution in [0.5, 0.6) is 0 Å². The second-order valence-electron chi connectivity index (χ2n) is 2.49. The molecule has 0 saturated heterocycles. The minimum atomic E-state index is -1.12. The van der Waals surface area contributed by atoms with E-state index >= 15 is 0 Å². The van der Waals surface area contributed by atoms with Crippen LogP contribution >= 0.6 is 12.4 Å². The Balaban J connectivity index is 0.00000196. The van der Waals surface area contributed by atoms with E-state index in [9.17, 15) is 9.59 Å². The number of carbonyl (C=O) groups is 1. The van der Waals surface area contributed by atoms with Gasteiger partial charge in [-0.05, 0) is 11.6 Å². The Morgan fingerprint density at radius 2 is 2.13 bits per heavy atom. The molecule has 0 aliphatic heterocycles. The van der Waals surface area contributed by atoms with Crippen molar-refractivity contribution in [2.24, 2.45) is 4.99 Å². The monoisotopic (exact) mass is 228 g/mol. The first-order chi connectivity index (χ1) is 6.74. The molecule has 0 aromatic heterocycles. The Morgan fingerprint density at radius 1 is 1.47 bits per heavy atom. The van der Waals surface area contributed by atoms with E-state index in [4.69, 9.17) is 5.11 Å². The van der Waals surface area contributed by atoms with Crippen molar-refractivity contribution < 1.29 is 14.7 Å². The molecule has 5 nitrogen and oxygen atoms in total. The number of halogens is 1. The van der Waals surface area contributed by atoms with Crippen LogP contribution in [0.2, 0.25) is 0 Å². The number of hydrogen-bond acceptors (Lipinski definition) is 3. The van der Waals surface area contributed by atoms with E-state index in [1.165, 1.54) is 6.08 Å². The summed E-state index contributed by atoms with van der Waals surface area (Å²) in [6.07, 6.45) is 0.296. The van der Waals surface area contributed by atoms with Gasteiger partial charge in [0.1, 0.15) is 0 Å². The molecule has 0 saturated carbocycles. The lowest BCUT2D eigenvalue weighted by Gasteiger charge is -2.03. The molecule has 0 fully saturated rings. The van der Waals surface area contributed by atoms with Gasteiger partial charge in [-0.15, -0.1) is 12.4 Å². The minimum absolute atomic E-state index is 0. The molecule has 15 heavy (non-hydrogen) atoms. The molecule has 1 aromatic rings. The van der Waals surface area contributed by atoms with Gasteiger partial charge in [0.2, 0.25) is 6.08 Å². The zero-order valence-corrected chi connectivity index (χ0v) is 8.45. The first kappa shape index (κ1) is 13.2. The summed E-state index contributed by atoms with van der Waals surface area (Å²) in [5, 5.41) is 10.6. The van der Waals surface area contributed by atoms with Gasteiger partial charge in [-0.2, -0.15) is 4.99 Å². The molecule has 0 heterocycles. The fourth-order valence-electron chi connectivity index (χ4n) is 0.989. The fourth-order valence-corrected chi connectivity index (χ4v) is 0.989. The van der Waals surface area contributed by atoms with Crippen molar-refractivity contribution >= 4 is 30.3 Å². The summed E-state index contributed by atoms with van der Waals surface area (Å²) >= 11 is 0. The van der Waals surface area contributed by atoms with E-state index in [2.05, 4.69) is 10.3 Å². The summed E-state index contributed by atoms with van der Waals surface area (Å²) in [6.45, 7) is 0.122. The summed E-state index contributed by atoms with van der Waals surface area (Å²) in [6, 6.07) is 6.75. The molecule has 1 aromatic carbocycles. The number of benzene rings is 1. The lowest BCUT2D eigenvalue weighted by atomic mass is 10.2. The second kappa shape index (κ2) is 6.59. The zero-order valence-electron chi connectivity index (χ0n) is 7.64. The van der Waals surface area contributed by atoms with E-state index in [0.717, 1.165) is 0 Å². The van der Waals surface area contributed by atoms with Crippen molar-refractivity contribution in [3.8, 4) is 0 Å². The number of carbonyl (C=O) groups excluding carboxylic acids is 1. The van der Waals surface area contributed by atoms with Crippen LogP contribution in [0.25, 0.3) is 0 Å². The van der Waals surface area contributed by atoms with Gasteiger partial charge in [0.25, 0.3) is 0 Å². The van der Waals surface area contributed by atoms with Crippen molar-refractivity contribution in [2.75, 3.05) is 0 Å². The molecule has 0 atom stereocenters. The van der Waals surface area contributed by atoms with E-state index < -0.39 is 6.09 Å². The number of carboxylic acid groups (broad SMARTS) is 1. The molecule has 0 aliphatic rings. The molecule has 1 rings (SSSR count). The summed E-state index contributed by atoms with van der Waals surface area (Å²) < 4.78 is 0. The minimum Gasteiger partial charge on any atom is -0.465 e. The smallest absolute Gasteiger partial charge is 0.404 e. The van der Waals surface area contributed by atoms with Gasteiger partial charge >= 0.3 is 6.09 Å². The van der Waals surface area contributed by atoms with Gasteiger partial charge < -0.3 is 10.4 Å². The Labute approximate surface area is 92.2 Å². The maximum atomic E-state index is 10.2. The molecule has 0 aliphatic carbocycles. The highest BCUT2D eigenvalue weighted by Gasteiger charge is 2.01. The van der Waals surface area contributed by atoms with Gasteiger partial charge in [0, 0.05) is 6.54 Å². The standard InChI is InChI=1S/C9H8N2O3.ClH/c12-6-11-8-4-2-1-3-7(8)5-10-9(13)14;/h1-4,10H,5H2,(H,13,14);1H. The molecule has 1 amide bonds. The lowest BCUT2D eigenvalue weighted by molar-refractivity contribution is 0.194. The number of aliphatic imine (C=N–C) groups is 1. The summed E-state index contributed by atoms with van der Waals surface area (Å²) in [7, 11) is 0. The van der Waals surface area contributed by atoms with Crippen LogP contribution in [0.15, 0.2) is 29.3 Å². The average molecular weight is 229 g/mol. The number of isocyanates is 1. The lowest BCUT2D eigenvalue weighted by Crippen LogP contribution is -2.19. The number of nitrogens with zero attached hydrogens (tertiary/aromatic N) is 1. The Morgan fingerprint density at radius 3 is 2.73 bits per heavy atom. The highest BCUT2D eigenvalue weighted by atomic mass is 35.5. The first-order valence-electron chi connectivity index (χ1n) is 3.86. The van der Waals surface area contributed by atoms with Crippen LogP contribution in [0.3, 0.4) is 0 Å². The second-order valence-corrected chi connectivity index (χ2v) is 2.49. The van der Waals surface area contributed by atoms with E-state index in [0.29, 0.717) is 11.3 Å². The Hall–Kier alpha value is -1.84. The molecule has 80 valence electrons. The molecule has 0 radical (unpaired) electrons. The molecule has 6 heteroatoms. The maximum Gasteiger partial charge on any atom is 0.404 e. The van der Waals surface area contributed by atoms with Crippen LogP contribution < -0.4 is 5.32 Å². The molecule has 0 spiro atoms. The number of rotatable bonds is 3.